The smallest absolute Gasteiger partial charge is 0.0630 e. The standard InChI is InChI=1S/C78H57N3/c1-48-18-36-71-65(42-48)66-43-49(2)19-37-72(66)79(71)58-30-22-52(23-31-58)56-28-40-75-69(46-56)70-47-57(53-24-32-59(33-25-53)80-73-38-20-50(3)44-67(73)68-45-51(4)21-39-74(68)80)29-41-76(70)81(75)60-34-26-55(27-35-60)78-63-16-10-8-14-61(63)77(54-12-6-5-7-13-54)62-15-9-11-17-64(62)78/h5-47,69,75H,1-4H3. The fourth-order valence-electron chi connectivity index (χ4n) is 13.9. The molecule has 16 rings (SSSR count). The average molecular weight is 1040 g/mol. The molecular formula is C78H57N3. The number of rotatable bonds is 7. The van der Waals surface area contributed by atoms with Crippen molar-refractivity contribution in [2.75, 3.05) is 4.90 Å². The molecule has 1 aliphatic heterocycles. The Balaban J connectivity index is 0.796. The molecule has 0 bridgehead atoms. The summed E-state index contributed by atoms with van der Waals surface area (Å²) >= 11 is 0. The van der Waals surface area contributed by atoms with Gasteiger partial charge in [0.05, 0.1) is 28.1 Å². The molecule has 12 aromatic carbocycles. The van der Waals surface area contributed by atoms with Crippen LogP contribution in [0.3, 0.4) is 0 Å². The van der Waals surface area contributed by atoms with Gasteiger partial charge in [-0.25, -0.2) is 0 Å². The van der Waals surface area contributed by atoms with Crippen LogP contribution in [-0.2, 0) is 0 Å². The lowest BCUT2D eigenvalue weighted by Gasteiger charge is -2.30. The maximum atomic E-state index is 2.58. The number of anilines is 2. The van der Waals surface area contributed by atoms with Crippen molar-refractivity contribution in [3.05, 3.63) is 294 Å². The molecule has 0 saturated carbocycles. The van der Waals surface area contributed by atoms with E-state index in [9.17, 15) is 0 Å². The minimum atomic E-state index is 0.0883. The first kappa shape index (κ1) is 47.1. The molecule has 81 heavy (non-hydrogen) atoms. The summed E-state index contributed by atoms with van der Waals surface area (Å²) < 4.78 is 4.85. The van der Waals surface area contributed by atoms with E-state index in [2.05, 4.69) is 303 Å². The first-order chi connectivity index (χ1) is 39.8. The highest BCUT2D eigenvalue weighted by atomic mass is 15.2. The van der Waals surface area contributed by atoms with E-state index in [1.54, 1.807) is 0 Å². The van der Waals surface area contributed by atoms with Crippen LogP contribution in [0.15, 0.2) is 261 Å². The van der Waals surface area contributed by atoms with Gasteiger partial charge >= 0.3 is 0 Å². The summed E-state index contributed by atoms with van der Waals surface area (Å²) in [6.07, 6.45) is 7.34. The second kappa shape index (κ2) is 18.3. The van der Waals surface area contributed by atoms with Gasteiger partial charge in [0, 0.05) is 50.2 Å². The van der Waals surface area contributed by atoms with Crippen molar-refractivity contribution in [1.29, 1.82) is 0 Å². The Hall–Kier alpha value is -9.96. The van der Waals surface area contributed by atoms with Crippen molar-refractivity contribution in [1.82, 2.24) is 9.13 Å². The zero-order chi connectivity index (χ0) is 54.0. The first-order valence-electron chi connectivity index (χ1n) is 28.5. The maximum Gasteiger partial charge on any atom is 0.0630 e. The van der Waals surface area contributed by atoms with Gasteiger partial charge in [0.15, 0.2) is 0 Å². The van der Waals surface area contributed by atoms with Crippen molar-refractivity contribution in [2.45, 2.75) is 39.7 Å². The number of nitrogens with zero attached hydrogens (tertiary/aromatic N) is 3. The fourth-order valence-corrected chi connectivity index (χ4v) is 13.9. The van der Waals surface area contributed by atoms with Crippen molar-refractivity contribution in [2.24, 2.45) is 0 Å². The fraction of sp³-hybridized carbons (Fsp3) is 0.0769. The third-order valence-electron chi connectivity index (χ3n) is 17.6. The Morgan fingerprint density at radius 1 is 0.309 bits per heavy atom. The second-order valence-electron chi connectivity index (χ2n) is 22.7. The third kappa shape index (κ3) is 7.49. The quantitative estimate of drug-likeness (QED) is 0.145. The molecule has 0 fully saturated rings. The number of aromatic nitrogens is 2. The van der Waals surface area contributed by atoms with E-state index in [1.807, 2.05) is 0 Å². The van der Waals surface area contributed by atoms with Gasteiger partial charge < -0.3 is 14.0 Å². The molecule has 3 heterocycles. The van der Waals surface area contributed by atoms with E-state index in [-0.39, 0.29) is 12.0 Å². The maximum absolute atomic E-state index is 2.58. The van der Waals surface area contributed by atoms with Gasteiger partial charge in [0.2, 0.25) is 0 Å². The molecule has 2 atom stereocenters. The van der Waals surface area contributed by atoms with E-state index < -0.39 is 0 Å². The van der Waals surface area contributed by atoms with E-state index in [0.29, 0.717) is 0 Å². The number of hydrogen-bond donors (Lipinski definition) is 0. The molecule has 3 nitrogen and oxygen atoms in total. The van der Waals surface area contributed by atoms with E-state index in [0.717, 1.165) is 11.4 Å². The minimum absolute atomic E-state index is 0.0883. The molecular weight excluding hydrogens is 979 g/mol. The summed E-state index contributed by atoms with van der Waals surface area (Å²) in [7, 11) is 0. The van der Waals surface area contributed by atoms with E-state index >= 15 is 0 Å². The Labute approximate surface area is 472 Å². The molecule has 2 unspecified atom stereocenters. The highest BCUT2D eigenvalue weighted by Gasteiger charge is 2.39. The van der Waals surface area contributed by atoms with Crippen LogP contribution < -0.4 is 4.90 Å². The molecule has 0 N–H and O–H groups in total. The lowest BCUT2D eigenvalue weighted by atomic mass is 9.85. The summed E-state index contributed by atoms with van der Waals surface area (Å²) in [5.41, 5.74) is 26.0. The molecule has 0 amide bonds. The lowest BCUT2D eigenvalue weighted by molar-refractivity contribution is 0.747. The average Bonchev–Trinajstić information content (AvgIpc) is 4.37. The van der Waals surface area contributed by atoms with Crippen LogP contribution in [0.2, 0.25) is 0 Å². The predicted molar refractivity (Wildman–Crippen MR) is 344 cm³/mol. The minimum Gasteiger partial charge on any atom is -0.333 e. The molecule has 1 aliphatic carbocycles. The van der Waals surface area contributed by atoms with E-state index in [1.165, 1.54) is 149 Å². The summed E-state index contributed by atoms with van der Waals surface area (Å²) in [6, 6.07) is 91.2. The van der Waals surface area contributed by atoms with Gasteiger partial charge in [-0.3, -0.25) is 0 Å². The summed E-state index contributed by atoms with van der Waals surface area (Å²) in [5, 5.41) is 10.2. The number of allylic oxidation sites excluding steroid dienone is 2. The zero-order valence-electron chi connectivity index (χ0n) is 45.8. The summed E-state index contributed by atoms with van der Waals surface area (Å²) in [5.74, 6) is 0.116. The van der Waals surface area contributed by atoms with Crippen LogP contribution in [0.5, 0.6) is 0 Å². The zero-order valence-corrected chi connectivity index (χ0v) is 45.8. The van der Waals surface area contributed by atoms with Gasteiger partial charge in [-0.2, -0.15) is 0 Å². The Bertz CT molecular complexity index is 4780. The van der Waals surface area contributed by atoms with Crippen molar-refractivity contribution in [3.8, 4) is 44.8 Å². The molecule has 14 aromatic rings. The van der Waals surface area contributed by atoms with Crippen LogP contribution in [0, 0.1) is 27.7 Å². The molecule has 2 aromatic heterocycles. The Morgan fingerprint density at radius 2 is 0.704 bits per heavy atom. The van der Waals surface area contributed by atoms with Crippen LogP contribution >= 0.6 is 0 Å². The molecule has 0 spiro atoms. The van der Waals surface area contributed by atoms with Gasteiger partial charge in [-0.15, -0.1) is 0 Å². The monoisotopic (exact) mass is 1040 g/mol. The summed E-state index contributed by atoms with van der Waals surface area (Å²) in [4.78, 5) is 2.58. The summed E-state index contributed by atoms with van der Waals surface area (Å²) in [6.45, 7) is 8.74. The second-order valence-corrected chi connectivity index (χ2v) is 22.7. The predicted octanol–water partition coefficient (Wildman–Crippen LogP) is 20.7. The largest absolute Gasteiger partial charge is 0.333 e. The topological polar surface area (TPSA) is 13.1 Å². The Kier molecular flexibility index (Phi) is 10.6. The molecule has 2 aliphatic rings. The normalized spacial score (nSPS) is 14.9. The van der Waals surface area contributed by atoms with Gasteiger partial charge in [0.1, 0.15) is 0 Å². The van der Waals surface area contributed by atoms with Gasteiger partial charge in [0.25, 0.3) is 0 Å². The Morgan fingerprint density at radius 3 is 1.17 bits per heavy atom. The lowest BCUT2D eigenvalue weighted by Crippen LogP contribution is -2.28. The molecule has 3 heteroatoms. The van der Waals surface area contributed by atoms with Crippen molar-refractivity contribution < 1.29 is 0 Å². The number of fused-ring (bicyclic) bond motifs is 11. The highest BCUT2D eigenvalue weighted by Crippen LogP contribution is 2.52. The van der Waals surface area contributed by atoms with Crippen LogP contribution in [0.4, 0.5) is 11.4 Å². The van der Waals surface area contributed by atoms with Crippen molar-refractivity contribution in [3.63, 3.8) is 0 Å². The van der Waals surface area contributed by atoms with Gasteiger partial charge in [-0.1, -0.05) is 186 Å². The number of aryl methyl sites for hydroxylation is 4. The van der Waals surface area contributed by atoms with Crippen LogP contribution in [0.1, 0.15) is 39.3 Å². The third-order valence-corrected chi connectivity index (χ3v) is 17.6. The number of hydrogen-bond acceptors (Lipinski definition) is 1. The van der Waals surface area contributed by atoms with Crippen LogP contribution in [0.25, 0.3) is 115 Å². The van der Waals surface area contributed by atoms with E-state index in [4.69, 9.17) is 0 Å². The van der Waals surface area contributed by atoms with Crippen molar-refractivity contribution >= 4 is 82.1 Å². The number of benzene rings is 12. The SMILES string of the molecule is Cc1ccc2c(c1)c1cc(C)ccc1n2-c1ccc(C2=CC3c4cc(-c5ccc(-n6c7ccc(C)cc7c7cc(C)ccc76)cc5)ccc4N(c4ccc(-c5c6ccccc6c(-c6ccccc6)c6ccccc56)cc4)C3C=C2)cc1. The van der Waals surface area contributed by atoms with Crippen LogP contribution in [-0.4, -0.2) is 15.2 Å². The molecule has 0 radical (unpaired) electrons. The molecule has 0 saturated heterocycles. The molecule has 384 valence electrons. The van der Waals surface area contributed by atoms with Gasteiger partial charge in [-0.05, 0) is 196 Å². The highest BCUT2D eigenvalue weighted by molar-refractivity contribution is 6.21. The first-order valence-corrected chi connectivity index (χ1v) is 28.5.